The molecule has 0 aromatic heterocycles. The van der Waals surface area contributed by atoms with Gasteiger partial charge in [-0.3, -0.25) is 9.79 Å². The number of aliphatic imine (C=N–C) groups is 1. The molecule has 2 aliphatic rings. The Morgan fingerprint density at radius 1 is 1.16 bits per heavy atom. The highest BCUT2D eigenvalue weighted by molar-refractivity contribution is 14.0. The van der Waals surface area contributed by atoms with Crippen LogP contribution >= 0.6 is 24.0 Å². The number of anilines is 1. The molecule has 1 unspecified atom stereocenters. The zero-order chi connectivity index (χ0) is 21.3. The van der Waals surface area contributed by atoms with Gasteiger partial charge in [-0.25, -0.2) is 4.79 Å². The first-order chi connectivity index (χ1) is 14.6. The number of likely N-dealkylation sites (tertiary alicyclic amines) is 2. The van der Waals surface area contributed by atoms with Crippen LogP contribution < -0.4 is 10.6 Å². The molecule has 2 aliphatic heterocycles. The van der Waals surface area contributed by atoms with Crippen molar-refractivity contribution in [2.75, 3.05) is 45.2 Å². The van der Waals surface area contributed by atoms with Gasteiger partial charge in [0.2, 0.25) is 0 Å². The molecule has 1 aromatic carbocycles. The molecule has 1 atom stereocenters. The maximum atomic E-state index is 12.3. The number of hydrogen-bond acceptors (Lipinski definition) is 4. The number of piperidine rings is 1. The van der Waals surface area contributed by atoms with Crippen LogP contribution in [0.3, 0.4) is 0 Å². The van der Waals surface area contributed by atoms with E-state index in [0.29, 0.717) is 19.7 Å². The topological polar surface area (TPSA) is 86.3 Å². The molecule has 0 radical (unpaired) electrons. The quantitative estimate of drug-likeness (QED) is 0.258. The molecule has 2 amide bonds. The molecule has 2 fully saturated rings. The molecule has 172 valence electrons. The summed E-state index contributed by atoms with van der Waals surface area (Å²) >= 11 is 0. The molecular formula is C22H34IN5O3. The molecule has 8 nitrogen and oxygen atoms in total. The predicted molar refractivity (Wildman–Crippen MR) is 133 cm³/mol. The van der Waals surface area contributed by atoms with E-state index in [2.05, 4.69) is 20.5 Å². The largest absolute Gasteiger partial charge is 0.466 e. The van der Waals surface area contributed by atoms with Gasteiger partial charge in [0.05, 0.1) is 12.5 Å². The molecule has 0 saturated carbocycles. The number of guanidine groups is 1. The number of hydrogen-bond donors (Lipinski definition) is 2. The van der Waals surface area contributed by atoms with E-state index < -0.39 is 0 Å². The van der Waals surface area contributed by atoms with Crippen LogP contribution in [0.4, 0.5) is 10.5 Å². The summed E-state index contributed by atoms with van der Waals surface area (Å²) in [4.78, 5) is 32.8. The Morgan fingerprint density at radius 2 is 1.90 bits per heavy atom. The van der Waals surface area contributed by atoms with Gasteiger partial charge in [0.1, 0.15) is 0 Å². The lowest BCUT2D eigenvalue weighted by atomic mass is 9.98. The summed E-state index contributed by atoms with van der Waals surface area (Å²) in [6.45, 7) is 5.96. The number of nitrogens with zero attached hydrogens (tertiary/aromatic N) is 3. The normalized spacial score (nSPS) is 18.9. The first-order valence-electron chi connectivity index (χ1n) is 10.9. The van der Waals surface area contributed by atoms with Crippen molar-refractivity contribution in [1.82, 2.24) is 15.1 Å². The zero-order valence-electron chi connectivity index (χ0n) is 18.4. The second-order valence-electron chi connectivity index (χ2n) is 7.76. The number of urea groups is 1. The van der Waals surface area contributed by atoms with Gasteiger partial charge in [-0.1, -0.05) is 12.1 Å². The third-order valence-electron chi connectivity index (χ3n) is 5.57. The highest BCUT2D eigenvalue weighted by Crippen LogP contribution is 2.19. The summed E-state index contributed by atoms with van der Waals surface area (Å²) < 4.78 is 5.19. The summed E-state index contributed by atoms with van der Waals surface area (Å²) in [5.41, 5.74) is 1.84. The van der Waals surface area contributed by atoms with E-state index in [9.17, 15) is 9.59 Å². The summed E-state index contributed by atoms with van der Waals surface area (Å²) in [5, 5.41) is 6.37. The minimum Gasteiger partial charge on any atom is -0.466 e. The van der Waals surface area contributed by atoms with Crippen molar-refractivity contribution in [3.05, 3.63) is 29.8 Å². The Bertz CT molecular complexity index is 767. The Hall–Kier alpha value is -2.04. The summed E-state index contributed by atoms with van der Waals surface area (Å²) in [7, 11) is 1.75. The van der Waals surface area contributed by atoms with E-state index in [0.717, 1.165) is 62.5 Å². The first kappa shape index (κ1) is 25.2. The number of nitrogens with one attached hydrogen (secondary N) is 2. The van der Waals surface area contributed by atoms with Crippen molar-refractivity contribution in [2.24, 2.45) is 10.9 Å². The molecule has 2 saturated heterocycles. The molecule has 3 rings (SSSR count). The highest BCUT2D eigenvalue weighted by atomic mass is 127. The number of amides is 2. The van der Waals surface area contributed by atoms with Crippen LogP contribution in [0.15, 0.2) is 29.3 Å². The maximum absolute atomic E-state index is 12.3. The Balaban J connectivity index is 0.00000341. The van der Waals surface area contributed by atoms with Crippen LogP contribution in [-0.2, 0) is 16.1 Å². The number of carbonyl (C=O) groups is 2. The fourth-order valence-corrected chi connectivity index (χ4v) is 4.02. The number of ether oxygens (including phenoxy) is 1. The van der Waals surface area contributed by atoms with Crippen molar-refractivity contribution < 1.29 is 14.3 Å². The number of halogens is 1. The second kappa shape index (κ2) is 12.7. The van der Waals surface area contributed by atoms with Crippen LogP contribution in [0.2, 0.25) is 0 Å². The smallest absolute Gasteiger partial charge is 0.321 e. The van der Waals surface area contributed by atoms with E-state index in [1.165, 1.54) is 0 Å². The molecular weight excluding hydrogens is 509 g/mol. The number of benzene rings is 1. The number of esters is 1. The van der Waals surface area contributed by atoms with Gasteiger partial charge >= 0.3 is 12.0 Å². The molecule has 2 N–H and O–H groups in total. The Kier molecular flexibility index (Phi) is 10.4. The molecule has 0 spiro atoms. The molecule has 31 heavy (non-hydrogen) atoms. The molecule has 9 heteroatoms. The summed E-state index contributed by atoms with van der Waals surface area (Å²) in [5.74, 6) is 0.538. The minimum absolute atomic E-state index is 0. The summed E-state index contributed by atoms with van der Waals surface area (Å²) in [6, 6.07) is 7.81. The van der Waals surface area contributed by atoms with Gasteiger partial charge in [-0.2, -0.15) is 0 Å². The standard InChI is InChI=1S/C22H33N5O3.HI/c1-3-30-20(28)18-9-7-13-27(16-18)21(23-2)24-15-17-8-6-10-19(14-17)25-22(29)26-11-4-5-12-26;/h6,8,10,14,18H,3-5,7,9,11-13,15-16H2,1-2H3,(H,23,24)(H,25,29);1H. The average molecular weight is 543 g/mol. The van der Waals surface area contributed by atoms with Gasteiger partial charge in [0.15, 0.2) is 5.96 Å². The van der Waals surface area contributed by atoms with E-state index in [-0.39, 0.29) is 41.9 Å². The van der Waals surface area contributed by atoms with Crippen LogP contribution in [0, 0.1) is 5.92 Å². The van der Waals surface area contributed by atoms with Gasteiger partial charge in [-0.05, 0) is 50.3 Å². The number of carbonyl (C=O) groups excluding carboxylic acids is 2. The molecule has 2 heterocycles. The monoisotopic (exact) mass is 543 g/mol. The van der Waals surface area contributed by atoms with E-state index >= 15 is 0 Å². The SMILES string of the molecule is CCOC(=O)C1CCCN(C(=NC)NCc2cccc(NC(=O)N3CCCC3)c2)C1.I. The minimum atomic E-state index is -0.126. The fourth-order valence-electron chi connectivity index (χ4n) is 4.02. The van der Waals surface area contributed by atoms with Crippen LogP contribution in [0.1, 0.15) is 38.2 Å². The van der Waals surface area contributed by atoms with E-state index in [4.69, 9.17) is 4.74 Å². The van der Waals surface area contributed by atoms with Crippen molar-refractivity contribution in [3.63, 3.8) is 0 Å². The van der Waals surface area contributed by atoms with Crippen LogP contribution in [0.25, 0.3) is 0 Å². The number of rotatable bonds is 5. The van der Waals surface area contributed by atoms with Gasteiger partial charge in [0.25, 0.3) is 0 Å². The Labute approximate surface area is 201 Å². The van der Waals surface area contributed by atoms with Crippen LogP contribution in [-0.4, -0.2) is 67.6 Å². The highest BCUT2D eigenvalue weighted by Gasteiger charge is 2.28. The third kappa shape index (κ3) is 7.26. The average Bonchev–Trinajstić information content (AvgIpc) is 3.30. The van der Waals surface area contributed by atoms with E-state index in [1.54, 1.807) is 7.05 Å². The molecule has 0 bridgehead atoms. The lowest BCUT2D eigenvalue weighted by Crippen LogP contribution is -2.48. The van der Waals surface area contributed by atoms with Crippen molar-refractivity contribution in [1.29, 1.82) is 0 Å². The van der Waals surface area contributed by atoms with Crippen molar-refractivity contribution in [2.45, 2.75) is 39.2 Å². The van der Waals surface area contributed by atoms with Gasteiger partial charge in [0, 0.05) is 45.5 Å². The lowest BCUT2D eigenvalue weighted by molar-refractivity contribution is -0.149. The zero-order valence-corrected chi connectivity index (χ0v) is 20.8. The molecule has 1 aromatic rings. The molecule has 0 aliphatic carbocycles. The predicted octanol–water partition coefficient (Wildman–Crippen LogP) is 3.28. The maximum Gasteiger partial charge on any atom is 0.321 e. The lowest BCUT2D eigenvalue weighted by Gasteiger charge is -2.34. The van der Waals surface area contributed by atoms with E-state index in [1.807, 2.05) is 36.1 Å². The van der Waals surface area contributed by atoms with Gasteiger partial charge in [-0.15, -0.1) is 24.0 Å². The van der Waals surface area contributed by atoms with Gasteiger partial charge < -0.3 is 25.2 Å². The second-order valence-corrected chi connectivity index (χ2v) is 7.76. The Morgan fingerprint density at radius 3 is 2.61 bits per heavy atom. The van der Waals surface area contributed by atoms with Crippen molar-refractivity contribution >= 4 is 47.6 Å². The fraction of sp³-hybridized carbons (Fsp3) is 0.591. The third-order valence-corrected chi connectivity index (χ3v) is 5.57. The van der Waals surface area contributed by atoms with Crippen LogP contribution in [0.5, 0.6) is 0 Å². The summed E-state index contributed by atoms with van der Waals surface area (Å²) in [6.07, 6.45) is 3.93. The first-order valence-corrected chi connectivity index (χ1v) is 10.9. The van der Waals surface area contributed by atoms with Crippen molar-refractivity contribution in [3.8, 4) is 0 Å².